The second-order valence-corrected chi connectivity index (χ2v) is 5.96. The smallest absolute Gasteiger partial charge is 0.274 e. The lowest BCUT2D eigenvalue weighted by atomic mass is 10.1. The van der Waals surface area contributed by atoms with E-state index in [4.69, 9.17) is 5.73 Å². The number of carbonyl (C=O) groups excluding carboxylic acids is 2. The molecule has 1 aromatic heterocycles. The zero-order chi connectivity index (χ0) is 16.6. The number of hydrogen-bond acceptors (Lipinski definition) is 3. The Morgan fingerprint density at radius 2 is 1.96 bits per heavy atom. The summed E-state index contributed by atoms with van der Waals surface area (Å²) in [6.45, 7) is 1.92. The summed E-state index contributed by atoms with van der Waals surface area (Å²) in [5.74, 6) is -0.762. The molecule has 0 aliphatic heterocycles. The first-order chi connectivity index (χ1) is 11.0. The summed E-state index contributed by atoms with van der Waals surface area (Å²) in [5, 5.41) is 4.36. The molecule has 3 rings (SSSR count). The Morgan fingerprint density at radius 3 is 2.52 bits per heavy atom. The summed E-state index contributed by atoms with van der Waals surface area (Å²) < 4.78 is 1.53. The molecule has 1 fully saturated rings. The maximum Gasteiger partial charge on any atom is 0.274 e. The van der Waals surface area contributed by atoms with Gasteiger partial charge in [0.25, 0.3) is 11.8 Å². The van der Waals surface area contributed by atoms with Gasteiger partial charge in [-0.25, -0.2) is 0 Å². The van der Waals surface area contributed by atoms with E-state index in [9.17, 15) is 9.59 Å². The maximum absolute atomic E-state index is 12.5. The van der Waals surface area contributed by atoms with E-state index in [2.05, 4.69) is 5.10 Å². The highest BCUT2D eigenvalue weighted by Gasteiger charge is 2.32. The molecule has 0 saturated heterocycles. The SMILES string of the molecule is CC(c1ccccc1)n1nc(C(=O)N(C)C2CC2)cc1C(N)=O. The molecule has 0 radical (unpaired) electrons. The molecule has 2 N–H and O–H groups in total. The van der Waals surface area contributed by atoms with Crippen LogP contribution in [-0.2, 0) is 0 Å². The van der Waals surface area contributed by atoms with Crippen LogP contribution < -0.4 is 5.73 Å². The van der Waals surface area contributed by atoms with Gasteiger partial charge in [0.05, 0.1) is 6.04 Å². The Hall–Kier alpha value is -2.63. The van der Waals surface area contributed by atoms with E-state index in [1.54, 1.807) is 11.9 Å². The van der Waals surface area contributed by atoms with Gasteiger partial charge in [-0.15, -0.1) is 0 Å². The zero-order valence-electron chi connectivity index (χ0n) is 13.3. The van der Waals surface area contributed by atoms with Crippen molar-refractivity contribution in [3.8, 4) is 0 Å². The Bertz CT molecular complexity index is 734. The fourth-order valence-electron chi connectivity index (χ4n) is 2.66. The van der Waals surface area contributed by atoms with Crippen LogP contribution in [0, 0.1) is 0 Å². The predicted molar refractivity (Wildman–Crippen MR) is 86.1 cm³/mol. The summed E-state index contributed by atoms with van der Waals surface area (Å²) in [6, 6.07) is 11.3. The van der Waals surface area contributed by atoms with E-state index < -0.39 is 5.91 Å². The molecular formula is C17H20N4O2. The first kappa shape index (κ1) is 15.3. The number of nitrogens with two attached hydrogens (primary N) is 1. The number of aromatic nitrogens is 2. The number of nitrogens with zero attached hydrogens (tertiary/aromatic N) is 3. The molecule has 23 heavy (non-hydrogen) atoms. The largest absolute Gasteiger partial charge is 0.364 e. The van der Waals surface area contributed by atoms with Gasteiger partial charge >= 0.3 is 0 Å². The molecule has 2 aromatic rings. The van der Waals surface area contributed by atoms with Gasteiger partial charge < -0.3 is 10.6 Å². The van der Waals surface area contributed by atoms with Crippen molar-refractivity contribution < 1.29 is 9.59 Å². The van der Waals surface area contributed by atoms with Crippen LogP contribution in [0.1, 0.15) is 52.3 Å². The molecule has 6 heteroatoms. The van der Waals surface area contributed by atoms with Gasteiger partial charge in [-0.05, 0) is 25.3 Å². The van der Waals surface area contributed by atoms with Crippen molar-refractivity contribution in [2.75, 3.05) is 7.05 Å². The number of hydrogen-bond donors (Lipinski definition) is 1. The molecule has 2 amide bonds. The van der Waals surface area contributed by atoms with Crippen molar-refractivity contribution in [3.63, 3.8) is 0 Å². The standard InChI is InChI=1S/C17H20N4O2/c1-11(12-6-4-3-5-7-12)21-15(16(18)22)10-14(19-21)17(23)20(2)13-8-9-13/h3-7,10-11,13H,8-9H2,1-2H3,(H2,18,22). The Labute approximate surface area is 134 Å². The summed E-state index contributed by atoms with van der Waals surface area (Å²) >= 11 is 0. The summed E-state index contributed by atoms with van der Waals surface area (Å²) in [7, 11) is 1.77. The number of primary amides is 1. The average molecular weight is 312 g/mol. The van der Waals surface area contributed by atoms with Crippen LogP contribution in [0.4, 0.5) is 0 Å². The molecule has 120 valence electrons. The third-order valence-corrected chi connectivity index (χ3v) is 4.27. The summed E-state index contributed by atoms with van der Waals surface area (Å²) in [6.07, 6.45) is 2.04. The molecule has 1 aromatic carbocycles. The molecule has 1 atom stereocenters. The van der Waals surface area contributed by atoms with Crippen LogP contribution >= 0.6 is 0 Å². The molecule has 0 bridgehead atoms. The van der Waals surface area contributed by atoms with E-state index in [-0.39, 0.29) is 29.4 Å². The lowest BCUT2D eigenvalue weighted by Crippen LogP contribution is -2.29. The van der Waals surface area contributed by atoms with Crippen LogP contribution in [-0.4, -0.2) is 39.6 Å². The highest BCUT2D eigenvalue weighted by molar-refractivity contribution is 5.97. The number of benzene rings is 1. The van der Waals surface area contributed by atoms with E-state index in [0.29, 0.717) is 0 Å². The van der Waals surface area contributed by atoms with Crippen LogP contribution in [0.25, 0.3) is 0 Å². The molecule has 6 nitrogen and oxygen atoms in total. The van der Waals surface area contributed by atoms with Gasteiger partial charge in [0.15, 0.2) is 5.69 Å². The van der Waals surface area contributed by atoms with E-state index in [0.717, 1.165) is 18.4 Å². The summed E-state index contributed by atoms with van der Waals surface area (Å²) in [5.41, 5.74) is 6.97. The molecule has 1 saturated carbocycles. The predicted octanol–water partition coefficient (Wildman–Crippen LogP) is 1.83. The minimum Gasteiger partial charge on any atom is -0.364 e. The lowest BCUT2D eigenvalue weighted by Gasteiger charge is -2.16. The van der Waals surface area contributed by atoms with E-state index in [1.807, 2.05) is 37.3 Å². The fourth-order valence-corrected chi connectivity index (χ4v) is 2.66. The Balaban J connectivity index is 1.96. The van der Waals surface area contributed by atoms with Crippen molar-refractivity contribution in [3.05, 3.63) is 53.3 Å². The topological polar surface area (TPSA) is 81.2 Å². The number of carbonyl (C=O) groups is 2. The minimum atomic E-state index is -0.589. The van der Waals surface area contributed by atoms with Crippen molar-refractivity contribution >= 4 is 11.8 Å². The fraction of sp³-hybridized carbons (Fsp3) is 0.353. The van der Waals surface area contributed by atoms with Crippen molar-refractivity contribution in [2.45, 2.75) is 31.8 Å². The van der Waals surface area contributed by atoms with Crippen molar-refractivity contribution in [1.29, 1.82) is 0 Å². The van der Waals surface area contributed by atoms with Gasteiger partial charge in [0, 0.05) is 19.2 Å². The molecule has 1 aliphatic rings. The highest BCUT2D eigenvalue weighted by Crippen LogP contribution is 2.27. The normalized spacial score (nSPS) is 15.2. The second kappa shape index (κ2) is 5.87. The molecule has 1 aliphatic carbocycles. The van der Waals surface area contributed by atoms with Crippen LogP contribution in [0.15, 0.2) is 36.4 Å². The zero-order valence-corrected chi connectivity index (χ0v) is 13.3. The van der Waals surface area contributed by atoms with Crippen LogP contribution in [0.3, 0.4) is 0 Å². The molecule has 1 heterocycles. The van der Waals surface area contributed by atoms with Gasteiger partial charge in [-0.1, -0.05) is 30.3 Å². The number of amides is 2. The van der Waals surface area contributed by atoms with E-state index >= 15 is 0 Å². The van der Waals surface area contributed by atoms with Crippen molar-refractivity contribution in [1.82, 2.24) is 14.7 Å². The van der Waals surface area contributed by atoms with Crippen LogP contribution in [0.2, 0.25) is 0 Å². The van der Waals surface area contributed by atoms with Gasteiger partial charge in [0.2, 0.25) is 0 Å². The lowest BCUT2D eigenvalue weighted by molar-refractivity contribution is 0.0778. The third-order valence-electron chi connectivity index (χ3n) is 4.27. The molecule has 0 spiro atoms. The number of rotatable bonds is 5. The highest BCUT2D eigenvalue weighted by atomic mass is 16.2. The first-order valence-electron chi connectivity index (χ1n) is 7.70. The Kier molecular flexibility index (Phi) is 3.90. The first-order valence-corrected chi connectivity index (χ1v) is 7.70. The van der Waals surface area contributed by atoms with Crippen LogP contribution in [0.5, 0.6) is 0 Å². The minimum absolute atomic E-state index is 0.172. The summed E-state index contributed by atoms with van der Waals surface area (Å²) in [4.78, 5) is 25.9. The maximum atomic E-state index is 12.5. The average Bonchev–Trinajstić information content (AvgIpc) is 3.31. The quantitative estimate of drug-likeness (QED) is 0.914. The monoisotopic (exact) mass is 312 g/mol. The second-order valence-electron chi connectivity index (χ2n) is 5.96. The molecule has 1 unspecified atom stereocenters. The van der Waals surface area contributed by atoms with Crippen molar-refractivity contribution in [2.24, 2.45) is 5.73 Å². The van der Waals surface area contributed by atoms with E-state index in [1.165, 1.54) is 10.7 Å². The third kappa shape index (κ3) is 2.97. The Morgan fingerprint density at radius 1 is 1.30 bits per heavy atom. The molecular weight excluding hydrogens is 292 g/mol. The van der Waals surface area contributed by atoms with Gasteiger partial charge in [0.1, 0.15) is 5.69 Å². The van der Waals surface area contributed by atoms with Gasteiger partial charge in [-0.2, -0.15) is 5.10 Å². The van der Waals surface area contributed by atoms with Gasteiger partial charge in [-0.3, -0.25) is 14.3 Å².